The second kappa shape index (κ2) is 8.65. The van der Waals surface area contributed by atoms with Gasteiger partial charge in [-0.3, -0.25) is 14.5 Å². The lowest BCUT2D eigenvalue weighted by Gasteiger charge is -2.50. The smallest absolute Gasteiger partial charge is 0.321 e. The van der Waals surface area contributed by atoms with Gasteiger partial charge in [-0.1, -0.05) is 48.5 Å². The summed E-state index contributed by atoms with van der Waals surface area (Å²) in [6.07, 6.45) is 2.73. The Morgan fingerprint density at radius 2 is 1.78 bits per heavy atom. The summed E-state index contributed by atoms with van der Waals surface area (Å²) in [6.45, 7) is 3.60. The first-order valence-electron chi connectivity index (χ1n) is 11.3. The summed E-state index contributed by atoms with van der Waals surface area (Å²) in [5, 5.41) is 0. The summed E-state index contributed by atoms with van der Waals surface area (Å²) in [4.78, 5) is 34.9. The fraction of sp³-hybridized carbons (Fsp3) is 0.400. The molecule has 5 rings (SSSR count). The van der Waals surface area contributed by atoms with Crippen molar-refractivity contribution in [1.82, 2.24) is 9.80 Å². The lowest BCUT2D eigenvalue weighted by molar-refractivity contribution is -0.157. The van der Waals surface area contributed by atoms with Gasteiger partial charge in [0.15, 0.2) is 5.92 Å². The highest BCUT2D eigenvalue weighted by atomic mass is 16.5. The number of para-hydroxylation sites is 1. The minimum Gasteiger partial charge on any atom is -0.466 e. The van der Waals surface area contributed by atoms with Crippen LogP contribution in [0.3, 0.4) is 0 Å². The van der Waals surface area contributed by atoms with E-state index >= 15 is 0 Å². The molecule has 7 nitrogen and oxygen atoms in total. The number of nitrogens with zero attached hydrogens (tertiary/aromatic N) is 3. The monoisotopic (exact) mass is 433 g/mol. The number of esters is 1. The van der Waals surface area contributed by atoms with Crippen molar-refractivity contribution in [2.75, 3.05) is 19.7 Å². The second-order valence-electron chi connectivity index (χ2n) is 8.30. The topological polar surface area (TPSA) is 71.4 Å². The fourth-order valence-corrected chi connectivity index (χ4v) is 4.87. The van der Waals surface area contributed by atoms with Gasteiger partial charge in [-0.2, -0.15) is 4.99 Å². The molecule has 1 amide bonds. The maximum atomic E-state index is 13.3. The number of likely N-dealkylation sites (tertiary alicyclic amines) is 1. The number of piperidine rings is 1. The first-order chi connectivity index (χ1) is 15.7. The summed E-state index contributed by atoms with van der Waals surface area (Å²) >= 11 is 0. The van der Waals surface area contributed by atoms with E-state index in [-0.39, 0.29) is 6.61 Å². The molecule has 0 saturated carbocycles. The van der Waals surface area contributed by atoms with Gasteiger partial charge in [0, 0.05) is 24.2 Å². The molecule has 32 heavy (non-hydrogen) atoms. The first kappa shape index (κ1) is 20.5. The van der Waals surface area contributed by atoms with Crippen molar-refractivity contribution in [1.29, 1.82) is 0 Å². The molecule has 3 heterocycles. The van der Waals surface area contributed by atoms with E-state index in [1.807, 2.05) is 59.5 Å². The van der Waals surface area contributed by atoms with Crippen molar-refractivity contribution in [2.24, 2.45) is 10.9 Å². The third-order valence-corrected chi connectivity index (χ3v) is 6.32. The standard InChI is InChI=1S/C25H27N3O4/c1-2-31-24(30)20-21-18-13-7-8-14-19(18)32-23(17-11-5-3-6-12-17)28(21)25(26-22(20)29)27-15-9-4-10-16-27/h3,5-8,11-14,20-21,23H,2,4,9-10,15-16H2,1H3/t20-,21-,23-/m0/s1. The number of benzene rings is 2. The van der Waals surface area contributed by atoms with Gasteiger partial charge >= 0.3 is 5.97 Å². The number of aliphatic imine (C=N–C) groups is 1. The van der Waals surface area contributed by atoms with E-state index in [4.69, 9.17) is 9.47 Å². The summed E-state index contributed by atoms with van der Waals surface area (Å²) in [5.41, 5.74) is 1.74. The Bertz CT molecular complexity index is 1030. The van der Waals surface area contributed by atoms with Crippen molar-refractivity contribution < 1.29 is 19.1 Å². The van der Waals surface area contributed by atoms with Crippen LogP contribution in [0.25, 0.3) is 0 Å². The molecule has 3 aliphatic heterocycles. The van der Waals surface area contributed by atoms with E-state index < -0.39 is 30.1 Å². The molecule has 3 atom stereocenters. The molecule has 0 N–H and O–H groups in total. The molecule has 1 fully saturated rings. The molecule has 166 valence electrons. The average Bonchev–Trinajstić information content (AvgIpc) is 2.84. The number of rotatable bonds is 3. The van der Waals surface area contributed by atoms with Crippen LogP contribution in [0, 0.1) is 5.92 Å². The molecule has 2 aromatic rings. The van der Waals surface area contributed by atoms with Crippen LogP contribution in [0.4, 0.5) is 0 Å². The highest BCUT2D eigenvalue weighted by Gasteiger charge is 2.52. The lowest BCUT2D eigenvalue weighted by atomic mass is 9.86. The predicted molar refractivity (Wildman–Crippen MR) is 119 cm³/mol. The predicted octanol–water partition coefficient (Wildman–Crippen LogP) is 3.68. The lowest BCUT2D eigenvalue weighted by Crippen LogP contribution is -2.58. The van der Waals surface area contributed by atoms with Crippen LogP contribution in [0.5, 0.6) is 5.75 Å². The van der Waals surface area contributed by atoms with E-state index in [1.54, 1.807) is 6.92 Å². The molecule has 0 unspecified atom stereocenters. The zero-order valence-electron chi connectivity index (χ0n) is 18.1. The van der Waals surface area contributed by atoms with Crippen molar-refractivity contribution in [3.8, 4) is 5.75 Å². The number of amides is 1. The molecular formula is C25H27N3O4. The number of hydrogen-bond donors (Lipinski definition) is 0. The minimum atomic E-state index is -1.04. The average molecular weight is 434 g/mol. The molecule has 0 bridgehead atoms. The highest BCUT2D eigenvalue weighted by Crippen LogP contribution is 2.48. The van der Waals surface area contributed by atoms with Gasteiger partial charge in [0.25, 0.3) is 5.91 Å². The molecule has 7 heteroatoms. The van der Waals surface area contributed by atoms with Gasteiger partial charge in [-0.05, 0) is 32.3 Å². The van der Waals surface area contributed by atoms with Crippen LogP contribution in [0.1, 0.15) is 49.6 Å². The molecule has 0 aliphatic carbocycles. The van der Waals surface area contributed by atoms with E-state index in [2.05, 4.69) is 9.89 Å². The largest absolute Gasteiger partial charge is 0.466 e. The van der Waals surface area contributed by atoms with Crippen LogP contribution >= 0.6 is 0 Å². The summed E-state index contributed by atoms with van der Waals surface area (Å²) in [5.74, 6) is -0.779. The van der Waals surface area contributed by atoms with E-state index in [1.165, 1.54) is 0 Å². The summed E-state index contributed by atoms with van der Waals surface area (Å²) < 4.78 is 11.8. The number of fused-ring (bicyclic) bond motifs is 3. The van der Waals surface area contributed by atoms with Crippen molar-refractivity contribution in [3.05, 3.63) is 65.7 Å². The Labute approximate surface area is 187 Å². The van der Waals surface area contributed by atoms with Gasteiger partial charge in [-0.15, -0.1) is 0 Å². The Kier molecular flexibility index (Phi) is 5.55. The highest BCUT2D eigenvalue weighted by molar-refractivity contribution is 6.07. The molecular weight excluding hydrogens is 406 g/mol. The maximum absolute atomic E-state index is 13.3. The third kappa shape index (κ3) is 3.51. The van der Waals surface area contributed by atoms with Crippen LogP contribution in [-0.2, 0) is 14.3 Å². The number of carbonyl (C=O) groups excluding carboxylic acids is 2. The quantitative estimate of drug-likeness (QED) is 0.543. The van der Waals surface area contributed by atoms with E-state index in [9.17, 15) is 9.59 Å². The van der Waals surface area contributed by atoms with Crippen LogP contribution in [-0.4, -0.2) is 47.3 Å². The van der Waals surface area contributed by atoms with Gasteiger partial charge in [0.1, 0.15) is 5.75 Å². The number of ether oxygens (including phenoxy) is 2. The van der Waals surface area contributed by atoms with E-state index in [0.29, 0.717) is 11.7 Å². The molecule has 0 spiro atoms. The van der Waals surface area contributed by atoms with Crippen molar-refractivity contribution in [2.45, 2.75) is 38.5 Å². The van der Waals surface area contributed by atoms with Crippen LogP contribution in [0.2, 0.25) is 0 Å². The van der Waals surface area contributed by atoms with Gasteiger partial charge in [0.2, 0.25) is 12.2 Å². The van der Waals surface area contributed by atoms with Crippen LogP contribution < -0.4 is 4.74 Å². The zero-order valence-corrected chi connectivity index (χ0v) is 18.1. The van der Waals surface area contributed by atoms with Gasteiger partial charge in [0.05, 0.1) is 12.6 Å². The minimum absolute atomic E-state index is 0.207. The molecule has 2 aromatic carbocycles. The van der Waals surface area contributed by atoms with Crippen LogP contribution in [0.15, 0.2) is 59.6 Å². The summed E-state index contributed by atoms with van der Waals surface area (Å²) in [6, 6.07) is 17.0. The zero-order chi connectivity index (χ0) is 22.1. The Morgan fingerprint density at radius 3 is 2.53 bits per heavy atom. The second-order valence-corrected chi connectivity index (χ2v) is 8.30. The molecule has 0 radical (unpaired) electrons. The summed E-state index contributed by atoms with van der Waals surface area (Å²) in [7, 11) is 0. The Hall–Kier alpha value is -3.35. The third-order valence-electron chi connectivity index (χ3n) is 6.32. The maximum Gasteiger partial charge on any atom is 0.321 e. The van der Waals surface area contributed by atoms with Gasteiger partial charge in [-0.25, -0.2) is 0 Å². The number of guanidine groups is 1. The fourth-order valence-electron chi connectivity index (χ4n) is 4.87. The molecule has 3 aliphatic rings. The number of carbonyl (C=O) groups is 2. The van der Waals surface area contributed by atoms with Gasteiger partial charge < -0.3 is 14.4 Å². The number of hydrogen-bond acceptors (Lipinski definition) is 6. The molecule has 1 saturated heterocycles. The van der Waals surface area contributed by atoms with Crippen molar-refractivity contribution >= 4 is 17.8 Å². The van der Waals surface area contributed by atoms with E-state index in [0.717, 1.165) is 43.5 Å². The van der Waals surface area contributed by atoms with Crippen molar-refractivity contribution in [3.63, 3.8) is 0 Å². The first-order valence-corrected chi connectivity index (χ1v) is 11.3. The SMILES string of the molecule is CCOC(=O)[C@@H]1C(=O)N=C(N2CCCCC2)N2[C@H](c3ccccc3)Oc3ccccc3[C@@H]12. The Balaban J connectivity index is 1.69. The molecule has 0 aromatic heterocycles. The Morgan fingerprint density at radius 1 is 1.06 bits per heavy atom. The normalized spacial score (nSPS) is 24.7.